The Kier molecular flexibility index (Phi) is 5.50. The molecule has 0 unspecified atom stereocenters. The number of rotatable bonds is 6. The second kappa shape index (κ2) is 7.98. The van der Waals surface area contributed by atoms with Gasteiger partial charge in [-0.25, -0.2) is 0 Å². The van der Waals surface area contributed by atoms with Crippen molar-refractivity contribution in [3.8, 4) is 11.5 Å². The highest BCUT2D eigenvalue weighted by atomic mass is 32.2. The van der Waals surface area contributed by atoms with Crippen LogP contribution in [0.2, 0.25) is 0 Å². The zero-order chi connectivity index (χ0) is 17.6. The molecule has 3 rings (SSSR count). The van der Waals surface area contributed by atoms with Crippen LogP contribution in [0.25, 0.3) is 11.5 Å². The van der Waals surface area contributed by atoms with Crippen LogP contribution in [0.3, 0.4) is 0 Å². The number of thioether (sulfide) groups is 1. The summed E-state index contributed by atoms with van der Waals surface area (Å²) < 4.78 is 5.68. The predicted molar refractivity (Wildman–Crippen MR) is 98.4 cm³/mol. The number of nitrogens with zero attached hydrogens (tertiary/aromatic N) is 3. The molecule has 0 aliphatic heterocycles. The minimum atomic E-state index is -0.0592. The van der Waals surface area contributed by atoms with Crippen molar-refractivity contribution in [3.05, 3.63) is 66.1 Å². The normalized spacial score (nSPS) is 10.6. The minimum Gasteiger partial charge on any atom is -0.419 e. The van der Waals surface area contributed by atoms with Crippen LogP contribution in [0.4, 0.5) is 0 Å². The molecule has 0 N–H and O–H groups in total. The molecule has 0 saturated carbocycles. The molecule has 3 aromatic rings. The van der Waals surface area contributed by atoms with Gasteiger partial charge in [-0.1, -0.05) is 37.3 Å². The number of carbonyl (C=O) groups is 1. The second-order valence-electron chi connectivity index (χ2n) is 5.46. The van der Waals surface area contributed by atoms with Crippen LogP contribution < -0.4 is 0 Å². The summed E-state index contributed by atoms with van der Waals surface area (Å²) in [6, 6.07) is 17.2. The molecule has 0 aliphatic carbocycles. The van der Waals surface area contributed by atoms with Crippen LogP contribution in [0.5, 0.6) is 0 Å². The molecule has 6 heteroatoms. The summed E-state index contributed by atoms with van der Waals surface area (Å²) in [7, 11) is 1.74. The first-order valence-electron chi connectivity index (χ1n) is 8.04. The first-order valence-corrected chi connectivity index (χ1v) is 9.02. The van der Waals surface area contributed by atoms with Crippen molar-refractivity contribution < 1.29 is 9.21 Å². The third-order valence-corrected chi connectivity index (χ3v) is 4.58. The molecule has 1 heterocycles. The average Bonchev–Trinajstić information content (AvgIpc) is 3.11. The summed E-state index contributed by atoms with van der Waals surface area (Å²) in [5, 5.41) is 8.11. The van der Waals surface area contributed by atoms with Gasteiger partial charge in [-0.3, -0.25) is 4.79 Å². The Morgan fingerprint density at radius 2 is 1.80 bits per heavy atom. The second-order valence-corrected chi connectivity index (χ2v) is 6.76. The van der Waals surface area contributed by atoms with Crippen LogP contribution in [0.15, 0.2) is 63.9 Å². The Morgan fingerprint density at radius 3 is 2.56 bits per heavy atom. The van der Waals surface area contributed by atoms with E-state index in [0.29, 0.717) is 17.3 Å². The summed E-state index contributed by atoms with van der Waals surface area (Å²) >= 11 is 1.66. The molecule has 0 fully saturated rings. The van der Waals surface area contributed by atoms with Gasteiger partial charge in [-0.2, -0.15) is 0 Å². The highest BCUT2D eigenvalue weighted by Crippen LogP contribution is 2.24. The lowest BCUT2D eigenvalue weighted by Gasteiger charge is -2.16. The molecule has 0 spiro atoms. The Morgan fingerprint density at radius 1 is 1.08 bits per heavy atom. The van der Waals surface area contributed by atoms with E-state index in [1.54, 1.807) is 23.7 Å². The summed E-state index contributed by atoms with van der Waals surface area (Å²) in [6.45, 7) is 2.34. The molecule has 0 saturated heterocycles. The molecule has 0 bridgehead atoms. The van der Waals surface area contributed by atoms with Gasteiger partial charge in [0.2, 0.25) is 11.8 Å². The number of amides is 1. The highest BCUT2D eigenvalue weighted by molar-refractivity contribution is 7.99. The maximum absolute atomic E-state index is 12.7. The standard InChI is InChI=1S/C19H19N3O2S/c1-3-25-16-12-8-7-11-15(16)19(23)22(2)13-17-20-21-18(24-17)14-9-5-4-6-10-14/h4-12H,3,13H2,1-2H3. The van der Waals surface area contributed by atoms with Crippen LogP contribution in [-0.2, 0) is 6.54 Å². The van der Waals surface area contributed by atoms with Crippen molar-refractivity contribution >= 4 is 17.7 Å². The topological polar surface area (TPSA) is 59.2 Å². The van der Waals surface area contributed by atoms with Crippen LogP contribution in [-0.4, -0.2) is 33.8 Å². The average molecular weight is 353 g/mol. The van der Waals surface area contributed by atoms with E-state index in [9.17, 15) is 4.79 Å². The molecule has 0 aliphatic rings. The predicted octanol–water partition coefficient (Wildman–Crippen LogP) is 4.12. The highest BCUT2D eigenvalue weighted by Gasteiger charge is 2.18. The molecule has 0 radical (unpaired) electrons. The van der Waals surface area contributed by atoms with Crippen molar-refractivity contribution in [1.82, 2.24) is 15.1 Å². The van der Waals surface area contributed by atoms with Crippen molar-refractivity contribution in [2.75, 3.05) is 12.8 Å². The van der Waals surface area contributed by atoms with Crippen molar-refractivity contribution in [3.63, 3.8) is 0 Å². The van der Waals surface area contributed by atoms with E-state index < -0.39 is 0 Å². The largest absolute Gasteiger partial charge is 0.419 e. The van der Waals surface area contributed by atoms with Crippen LogP contribution >= 0.6 is 11.8 Å². The molecule has 2 aromatic carbocycles. The fourth-order valence-corrected chi connectivity index (χ4v) is 3.22. The Labute approximate surface area is 151 Å². The maximum atomic E-state index is 12.7. The van der Waals surface area contributed by atoms with Gasteiger partial charge >= 0.3 is 0 Å². The van der Waals surface area contributed by atoms with E-state index >= 15 is 0 Å². The smallest absolute Gasteiger partial charge is 0.255 e. The lowest BCUT2D eigenvalue weighted by atomic mass is 10.2. The summed E-state index contributed by atoms with van der Waals surface area (Å²) in [6.07, 6.45) is 0. The van der Waals surface area contributed by atoms with Gasteiger partial charge in [0.15, 0.2) is 0 Å². The third kappa shape index (κ3) is 4.09. The van der Waals surface area contributed by atoms with Crippen molar-refractivity contribution in [2.24, 2.45) is 0 Å². The van der Waals surface area contributed by atoms with Crippen molar-refractivity contribution in [2.45, 2.75) is 18.4 Å². The zero-order valence-corrected chi connectivity index (χ0v) is 15.0. The monoisotopic (exact) mass is 353 g/mol. The van der Waals surface area contributed by atoms with E-state index in [1.165, 1.54) is 0 Å². The van der Waals surface area contributed by atoms with Crippen molar-refractivity contribution in [1.29, 1.82) is 0 Å². The molecule has 0 atom stereocenters. The van der Waals surface area contributed by atoms with E-state index in [2.05, 4.69) is 17.1 Å². The van der Waals surface area contributed by atoms with Gasteiger partial charge in [-0.05, 0) is 30.0 Å². The quantitative estimate of drug-likeness (QED) is 0.624. The van der Waals surface area contributed by atoms with Gasteiger partial charge in [-0.15, -0.1) is 22.0 Å². The van der Waals surface area contributed by atoms with E-state index in [1.807, 2.05) is 54.6 Å². The molecular formula is C19H19N3O2S. The molecule has 5 nitrogen and oxygen atoms in total. The molecular weight excluding hydrogens is 334 g/mol. The van der Waals surface area contributed by atoms with Gasteiger partial charge in [0, 0.05) is 17.5 Å². The molecule has 128 valence electrons. The first-order chi connectivity index (χ1) is 12.2. The fourth-order valence-electron chi connectivity index (χ4n) is 2.42. The molecule has 1 amide bonds. The lowest BCUT2D eigenvalue weighted by molar-refractivity contribution is 0.0769. The number of benzene rings is 2. The zero-order valence-electron chi connectivity index (χ0n) is 14.2. The van der Waals surface area contributed by atoms with Crippen LogP contribution in [0, 0.1) is 0 Å². The van der Waals surface area contributed by atoms with Gasteiger partial charge in [0.1, 0.15) is 0 Å². The van der Waals surface area contributed by atoms with E-state index in [-0.39, 0.29) is 12.5 Å². The Bertz CT molecular complexity index is 849. The number of hydrogen-bond acceptors (Lipinski definition) is 5. The maximum Gasteiger partial charge on any atom is 0.255 e. The number of carbonyl (C=O) groups excluding carboxylic acids is 1. The summed E-state index contributed by atoms with van der Waals surface area (Å²) in [4.78, 5) is 15.3. The fraction of sp³-hybridized carbons (Fsp3) is 0.211. The third-order valence-electron chi connectivity index (χ3n) is 3.62. The molecule has 25 heavy (non-hydrogen) atoms. The number of hydrogen-bond donors (Lipinski definition) is 0. The number of aromatic nitrogens is 2. The van der Waals surface area contributed by atoms with E-state index in [4.69, 9.17) is 4.42 Å². The lowest BCUT2D eigenvalue weighted by Crippen LogP contribution is -2.26. The first kappa shape index (κ1) is 17.2. The molecule has 1 aromatic heterocycles. The Balaban J connectivity index is 1.73. The Hall–Kier alpha value is -2.60. The van der Waals surface area contributed by atoms with Gasteiger partial charge in [0.05, 0.1) is 12.1 Å². The summed E-state index contributed by atoms with van der Waals surface area (Å²) in [5.74, 6) is 1.72. The van der Waals surface area contributed by atoms with E-state index in [0.717, 1.165) is 16.2 Å². The summed E-state index contributed by atoms with van der Waals surface area (Å²) in [5.41, 5.74) is 1.56. The van der Waals surface area contributed by atoms with Gasteiger partial charge in [0.25, 0.3) is 5.91 Å². The van der Waals surface area contributed by atoms with Crippen LogP contribution in [0.1, 0.15) is 23.2 Å². The van der Waals surface area contributed by atoms with Gasteiger partial charge < -0.3 is 9.32 Å². The SMILES string of the molecule is CCSc1ccccc1C(=O)N(C)Cc1nnc(-c2ccccc2)o1. The minimum absolute atomic E-state index is 0.0592.